The standard InChI is InChI=1S/C30H32N2O3.BrH/c33-30(26-12-6-9-24-20-23-8-4-5-13-28(23)35-29(24)26)31-27-21-32(17-14-22(27)15-18-32)16-7-19-34-25-10-2-1-3-11-25;/h1-6,8-13,22,27H,7,14-21H2;1H/t22?,27-,32?;/m0./s1. The number of amides is 1. The van der Waals surface area contributed by atoms with Gasteiger partial charge >= 0.3 is 0 Å². The third-order valence-corrected chi connectivity index (χ3v) is 8.11. The third-order valence-electron chi connectivity index (χ3n) is 8.11. The van der Waals surface area contributed by atoms with Crippen LogP contribution in [0.4, 0.5) is 0 Å². The highest BCUT2D eigenvalue weighted by atomic mass is 79.9. The molecule has 3 aromatic carbocycles. The Morgan fingerprint density at radius 1 is 0.944 bits per heavy atom. The van der Waals surface area contributed by atoms with E-state index in [1.54, 1.807) is 0 Å². The summed E-state index contributed by atoms with van der Waals surface area (Å²) in [7, 11) is 0. The molecule has 0 saturated carbocycles. The monoisotopic (exact) mass is 548 g/mol. The van der Waals surface area contributed by atoms with Crippen LogP contribution in [0, 0.1) is 5.92 Å². The van der Waals surface area contributed by atoms with Crippen molar-refractivity contribution < 1.29 is 35.7 Å². The first-order chi connectivity index (χ1) is 17.2. The first-order valence-electron chi connectivity index (χ1n) is 12.9. The van der Waals surface area contributed by atoms with Gasteiger partial charge in [-0.2, -0.15) is 0 Å². The zero-order valence-electron chi connectivity index (χ0n) is 20.5. The minimum atomic E-state index is -0.00876. The Balaban J connectivity index is 0.00000267. The van der Waals surface area contributed by atoms with Gasteiger partial charge in [-0.1, -0.05) is 48.5 Å². The summed E-state index contributed by atoms with van der Waals surface area (Å²) in [5.41, 5.74) is 2.89. The fourth-order valence-corrected chi connectivity index (χ4v) is 6.21. The number of fused-ring (bicyclic) bond motifs is 5. The lowest BCUT2D eigenvalue weighted by molar-refractivity contribution is -0.944. The van der Waals surface area contributed by atoms with E-state index in [9.17, 15) is 4.79 Å². The first-order valence-corrected chi connectivity index (χ1v) is 12.9. The lowest BCUT2D eigenvalue weighted by atomic mass is 9.81. The van der Waals surface area contributed by atoms with Crippen LogP contribution in [0.15, 0.2) is 72.8 Å². The van der Waals surface area contributed by atoms with Gasteiger partial charge in [0.15, 0.2) is 0 Å². The molecule has 36 heavy (non-hydrogen) atoms. The van der Waals surface area contributed by atoms with Crippen molar-refractivity contribution in [2.45, 2.75) is 31.7 Å². The normalized spacial score (nSPS) is 23.4. The quantitative estimate of drug-likeness (QED) is 0.284. The van der Waals surface area contributed by atoms with E-state index in [4.69, 9.17) is 9.47 Å². The fraction of sp³-hybridized carbons (Fsp3) is 0.367. The van der Waals surface area contributed by atoms with Crippen LogP contribution in [-0.4, -0.2) is 49.2 Å². The number of para-hydroxylation sites is 3. The number of hydrogen-bond acceptors (Lipinski definition) is 3. The Labute approximate surface area is 223 Å². The highest BCUT2D eigenvalue weighted by molar-refractivity contribution is 5.98. The minimum Gasteiger partial charge on any atom is -1.00 e. The number of hydrogen-bond donors (Lipinski definition) is 1. The molecule has 1 N–H and O–H groups in total. The number of carbonyl (C=O) groups excluding carboxylic acids is 1. The van der Waals surface area contributed by atoms with E-state index < -0.39 is 0 Å². The van der Waals surface area contributed by atoms with Crippen LogP contribution < -0.4 is 31.8 Å². The second-order valence-corrected chi connectivity index (χ2v) is 10.3. The van der Waals surface area contributed by atoms with Crippen molar-refractivity contribution >= 4 is 5.91 Å². The summed E-state index contributed by atoms with van der Waals surface area (Å²) >= 11 is 0. The van der Waals surface area contributed by atoms with Crippen molar-refractivity contribution in [2.24, 2.45) is 5.92 Å². The predicted octanol–water partition coefficient (Wildman–Crippen LogP) is 2.19. The minimum absolute atomic E-state index is 0. The van der Waals surface area contributed by atoms with Gasteiger partial charge in [-0.15, -0.1) is 0 Å². The Morgan fingerprint density at radius 2 is 1.69 bits per heavy atom. The zero-order chi connectivity index (χ0) is 23.7. The van der Waals surface area contributed by atoms with E-state index in [1.807, 2.05) is 60.7 Å². The van der Waals surface area contributed by atoms with Crippen molar-refractivity contribution in [3.63, 3.8) is 0 Å². The molecule has 4 aliphatic heterocycles. The number of quaternary nitrogens is 1. The summed E-state index contributed by atoms with van der Waals surface area (Å²) < 4.78 is 13.3. The van der Waals surface area contributed by atoms with Crippen LogP contribution in [0.1, 0.15) is 40.7 Å². The Bertz CT molecular complexity index is 1210. The summed E-state index contributed by atoms with van der Waals surface area (Å²) in [6.45, 7) is 5.28. The zero-order valence-corrected chi connectivity index (χ0v) is 22.1. The van der Waals surface area contributed by atoms with Gasteiger partial charge in [0.2, 0.25) is 0 Å². The van der Waals surface area contributed by atoms with Gasteiger partial charge in [-0.05, 0) is 35.7 Å². The maximum Gasteiger partial charge on any atom is 0.255 e. The van der Waals surface area contributed by atoms with Crippen molar-refractivity contribution in [1.29, 1.82) is 0 Å². The largest absolute Gasteiger partial charge is 1.00 e. The van der Waals surface area contributed by atoms with E-state index in [0.717, 1.165) is 59.6 Å². The smallest absolute Gasteiger partial charge is 0.255 e. The molecule has 1 amide bonds. The van der Waals surface area contributed by atoms with Crippen LogP contribution in [0.5, 0.6) is 17.2 Å². The molecule has 0 unspecified atom stereocenters. The van der Waals surface area contributed by atoms with Crippen LogP contribution >= 0.6 is 0 Å². The molecular formula is C30H33BrN2O3. The predicted molar refractivity (Wildman–Crippen MR) is 136 cm³/mol. The molecule has 0 spiro atoms. The van der Waals surface area contributed by atoms with Gasteiger partial charge in [0.1, 0.15) is 17.2 Å². The molecule has 2 bridgehead atoms. The molecular weight excluding hydrogens is 516 g/mol. The number of carbonyl (C=O) groups is 1. The molecule has 4 aliphatic rings. The third kappa shape index (κ3) is 5.02. The summed E-state index contributed by atoms with van der Waals surface area (Å²) in [6, 6.07) is 24.3. The summed E-state index contributed by atoms with van der Waals surface area (Å²) in [4.78, 5) is 13.5. The van der Waals surface area contributed by atoms with E-state index in [2.05, 4.69) is 17.4 Å². The Kier molecular flexibility index (Phi) is 7.35. The molecule has 7 rings (SSSR count). The molecule has 1 atom stereocenters. The van der Waals surface area contributed by atoms with Crippen molar-refractivity contribution in [1.82, 2.24) is 5.32 Å². The molecule has 0 aliphatic carbocycles. The highest BCUT2D eigenvalue weighted by Gasteiger charge is 2.46. The lowest BCUT2D eigenvalue weighted by Crippen LogP contribution is -3.00. The number of piperidine rings is 3. The van der Waals surface area contributed by atoms with Crippen LogP contribution in [-0.2, 0) is 6.42 Å². The van der Waals surface area contributed by atoms with Gasteiger partial charge in [-0.3, -0.25) is 4.79 Å². The summed E-state index contributed by atoms with van der Waals surface area (Å²) in [5, 5.41) is 3.42. The Morgan fingerprint density at radius 3 is 2.53 bits per heavy atom. The maximum absolute atomic E-state index is 13.5. The maximum atomic E-state index is 13.5. The van der Waals surface area contributed by atoms with Gasteiger partial charge in [0.05, 0.1) is 44.4 Å². The molecule has 5 nitrogen and oxygen atoms in total. The molecule has 0 aromatic heterocycles. The number of rotatable bonds is 7. The topological polar surface area (TPSA) is 47.6 Å². The molecule has 4 heterocycles. The fourth-order valence-electron chi connectivity index (χ4n) is 6.21. The van der Waals surface area contributed by atoms with Gasteiger partial charge in [0.25, 0.3) is 5.91 Å². The van der Waals surface area contributed by atoms with Crippen molar-refractivity contribution in [3.05, 3.63) is 89.5 Å². The Hall–Kier alpha value is -2.83. The van der Waals surface area contributed by atoms with Crippen LogP contribution in [0.2, 0.25) is 0 Å². The number of ether oxygens (including phenoxy) is 2. The van der Waals surface area contributed by atoms with Gasteiger partial charge in [-0.25, -0.2) is 0 Å². The number of nitrogens with one attached hydrogen (secondary N) is 1. The summed E-state index contributed by atoms with van der Waals surface area (Å²) in [5.74, 6) is 3.06. The molecule has 3 saturated heterocycles. The molecule has 188 valence electrons. The lowest BCUT2D eigenvalue weighted by Gasteiger charge is -2.52. The van der Waals surface area contributed by atoms with Crippen LogP contribution in [0.3, 0.4) is 0 Å². The molecule has 3 fully saturated rings. The number of halogens is 1. The van der Waals surface area contributed by atoms with Gasteiger partial charge in [0, 0.05) is 31.2 Å². The van der Waals surface area contributed by atoms with Gasteiger partial charge < -0.3 is 36.3 Å². The number of nitrogens with zero attached hydrogens (tertiary/aromatic N) is 1. The second kappa shape index (κ2) is 10.7. The van der Waals surface area contributed by atoms with Crippen LogP contribution in [0.25, 0.3) is 0 Å². The average Bonchev–Trinajstić information content (AvgIpc) is 2.91. The highest BCUT2D eigenvalue weighted by Crippen LogP contribution is 2.39. The number of benzene rings is 3. The molecule has 6 heteroatoms. The summed E-state index contributed by atoms with van der Waals surface area (Å²) in [6.07, 6.45) is 4.19. The molecule has 0 radical (unpaired) electrons. The second-order valence-electron chi connectivity index (χ2n) is 10.3. The van der Waals surface area contributed by atoms with E-state index >= 15 is 0 Å². The van der Waals surface area contributed by atoms with E-state index in [1.165, 1.54) is 25.9 Å². The SMILES string of the molecule is O=C(N[C@H]1C[N+]2(CCCOc3ccccc3)CCC1CC2)c1cccc2c1Oc1ccccc1C2.[Br-]. The van der Waals surface area contributed by atoms with Crippen molar-refractivity contribution in [3.8, 4) is 17.2 Å². The molecule has 3 aromatic rings. The van der Waals surface area contributed by atoms with E-state index in [0.29, 0.717) is 17.2 Å². The average molecular weight is 550 g/mol. The van der Waals surface area contributed by atoms with Crippen molar-refractivity contribution in [2.75, 3.05) is 32.8 Å². The first kappa shape index (κ1) is 24.8. The van der Waals surface area contributed by atoms with E-state index in [-0.39, 0.29) is 28.9 Å².